The predicted octanol–water partition coefficient (Wildman–Crippen LogP) is 5.09. The van der Waals surface area contributed by atoms with E-state index in [9.17, 15) is 0 Å². The van der Waals surface area contributed by atoms with Crippen molar-refractivity contribution < 1.29 is 0 Å². The fraction of sp³-hybridized carbons (Fsp3) is 0.154. The minimum atomic E-state index is 0.754. The van der Waals surface area contributed by atoms with E-state index >= 15 is 0 Å². The van der Waals surface area contributed by atoms with E-state index in [0.717, 1.165) is 36.6 Å². The van der Waals surface area contributed by atoms with E-state index in [1.807, 2.05) is 41.5 Å². The van der Waals surface area contributed by atoms with Gasteiger partial charge in [0.15, 0.2) is 0 Å². The Kier molecular flexibility index (Phi) is 4.42. The Balaban J connectivity index is 1.52. The van der Waals surface area contributed by atoms with Gasteiger partial charge in [-0.2, -0.15) is 10.2 Å². The Morgan fingerprint density at radius 1 is 0.750 bits per heavy atom. The molecule has 6 heteroatoms. The van der Waals surface area contributed by atoms with Crippen LogP contribution in [0.4, 0.5) is 22.7 Å². The summed E-state index contributed by atoms with van der Waals surface area (Å²) in [5, 5.41) is 11.0. The van der Waals surface area contributed by atoms with Crippen molar-refractivity contribution in [2.24, 2.45) is 5.10 Å². The predicted molar refractivity (Wildman–Crippen MR) is 129 cm³/mol. The van der Waals surface area contributed by atoms with Gasteiger partial charge in [0.05, 0.1) is 17.1 Å². The van der Waals surface area contributed by atoms with Crippen LogP contribution in [0.2, 0.25) is 0 Å². The van der Waals surface area contributed by atoms with Crippen molar-refractivity contribution in [3.63, 3.8) is 0 Å². The maximum atomic E-state index is 4.55. The molecule has 32 heavy (non-hydrogen) atoms. The summed E-state index contributed by atoms with van der Waals surface area (Å²) >= 11 is 0. The topological polar surface area (TPSA) is 39.9 Å². The summed E-state index contributed by atoms with van der Waals surface area (Å²) in [5.74, 6) is 0. The van der Waals surface area contributed by atoms with Gasteiger partial charge in [-0.1, -0.05) is 30.3 Å². The molecule has 2 aliphatic rings. The first-order valence-corrected chi connectivity index (χ1v) is 10.9. The zero-order chi connectivity index (χ0) is 21.5. The highest BCUT2D eigenvalue weighted by molar-refractivity contribution is 5.84. The molecule has 0 saturated heterocycles. The average molecular weight is 421 g/mol. The van der Waals surface area contributed by atoms with Gasteiger partial charge in [-0.25, -0.2) is 9.69 Å². The third-order valence-corrected chi connectivity index (χ3v) is 6.11. The van der Waals surface area contributed by atoms with Gasteiger partial charge < -0.3 is 9.80 Å². The van der Waals surface area contributed by atoms with E-state index in [2.05, 4.69) is 86.7 Å². The van der Waals surface area contributed by atoms with E-state index < -0.39 is 0 Å². The highest BCUT2D eigenvalue weighted by Gasteiger charge is 2.24. The summed E-state index contributed by atoms with van der Waals surface area (Å²) in [5.41, 5.74) is 8.37. The number of aryl methyl sites for hydroxylation is 2. The summed E-state index contributed by atoms with van der Waals surface area (Å²) in [7, 11) is 2.04. The van der Waals surface area contributed by atoms with Crippen LogP contribution < -0.4 is 9.91 Å². The van der Waals surface area contributed by atoms with Crippen molar-refractivity contribution in [3.05, 3.63) is 96.3 Å². The van der Waals surface area contributed by atoms with Gasteiger partial charge in [-0.05, 0) is 66.4 Å². The maximum Gasteiger partial charge on any atom is 0.113 e. The SMILES string of the molecule is CN1C=NN(c2ccc3c(c2)N(c2cccc(-n4cccn4)c2)c2ccccc2CC3)C1. The highest BCUT2D eigenvalue weighted by atomic mass is 15.6. The molecule has 2 aliphatic heterocycles. The molecule has 6 rings (SSSR count). The van der Waals surface area contributed by atoms with Gasteiger partial charge in [0.2, 0.25) is 0 Å². The molecule has 0 atom stereocenters. The molecule has 6 nitrogen and oxygen atoms in total. The van der Waals surface area contributed by atoms with Crippen LogP contribution >= 0.6 is 0 Å². The minimum absolute atomic E-state index is 0.754. The van der Waals surface area contributed by atoms with Gasteiger partial charge in [0.25, 0.3) is 0 Å². The molecule has 3 aromatic carbocycles. The zero-order valence-corrected chi connectivity index (χ0v) is 18.0. The molecule has 3 heterocycles. The van der Waals surface area contributed by atoms with Crippen LogP contribution in [-0.2, 0) is 12.8 Å². The van der Waals surface area contributed by atoms with Crippen molar-refractivity contribution >= 4 is 29.1 Å². The number of hydrogen-bond acceptors (Lipinski definition) is 5. The number of rotatable bonds is 3. The van der Waals surface area contributed by atoms with Gasteiger partial charge in [-0.3, -0.25) is 0 Å². The second-order valence-corrected chi connectivity index (χ2v) is 8.28. The Bertz CT molecular complexity index is 1290. The first kappa shape index (κ1) is 18.7. The maximum absolute atomic E-state index is 4.55. The van der Waals surface area contributed by atoms with E-state index in [1.165, 1.54) is 22.5 Å². The zero-order valence-electron chi connectivity index (χ0n) is 18.0. The molecule has 0 saturated carbocycles. The summed E-state index contributed by atoms with van der Waals surface area (Å²) in [6, 6.07) is 25.9. The lowest BCUT2D eigenvalue weighted by atomic mass is 10.0. The standard InChI is InChI=1S/C26H24N6/c1-29-18-28-31(19-29)23-13-12-21-11-10-20-6-2-3-9-25(20)32(26(21)17-23)24-8-4-7-22(16-24)30-15-5-14-27-30/h2-9,12-18H,10-11,19H2,1H3. The molecule has 0 aliphatic carbocycles. The summed E-state index contributed by atoms with van der Waals surface area (Å²) < 4.78 is 1.90. The molecule has 0 unspecified atom stereocenters. The van der Waals surface area contributed by atoms with Crippen molar-refractivity contribution in [1.82, 2.24) is 14.7 Å². The van der Waals surface area contributed by atoms with Crippen LogP contribution in [0.25, 0.3) is 5.69 Å². The van der Waals surface area contributed by atoms with Crippen LogP contribution in [0, 0.1) is 0 Å². The minimum Gasteiger partial charge on any atom is -0.345 e. The fourth-order valence-corrected chi connectivity index (χ4v) is 4.53. The van der Waals surface area contributed by atoms with Crippen LogP contribution in [0.15, 0.2) is 90.3 Å². The molecule has 158 valence electrons. The van der Waals surface area contributed by atoms with Gasteiger partial charge in [0, 0.05) is 30.8 Å². The van der Waals surface area contributed by atoms with Crippen molar-refractivity contribution in [2.45, 2.75) is 12.8 Å². The van der Waals surface area contributed by atoms with E-state index in [-0.39, 0.29) is 0 Å². The van der Waals surface area contributed by atoms with Gasteiger partial charge >= 0.3 is 0 Å². The average Bonchev–Trinajstić information content (AvgIpc) is 3.48. The largest absolute Gasteiger partial charge is 0.345 e. The van der Waals surface area contributed by atoms with E-state index in [0.29, 0.717) is 0 Å². The van der Waals surface area contributed by atoms with Crippen LogP contribution in [0.3, 0.4) is 0 Å². The number of aromatic nitrogens is 2. The number of benzene rings is 3. The van der Waals surface area contributed by atoms with Crippen molar-refractivity contribution in [3.8, 4) is 5.69 Å². The first-order valence-electron chi connectivity index (χ1n) is 10.9. The molecule has 1 aromatic heterocycles. The number of nitrogens with zero attached hydrogens (tertiary/aromatic N) is 6. The van der Waals surface area contributed by atoms with Gasteiger partial charge in [-0.15, -0.1) is 0 Å². The highest BCUT2D eigenvalue weighted by Crippen LogP contribution is 2.43. The number of anilines is 4. The van der Waals surface area contributed by atoms with E-state index in [1.54, 1.807) is 0 Å². The molecular weight excluding hydrogens is 396 g/mol. The first-order chi connectivity index (χ1) is 15.8. The molecule has 0 amide bonds. The smallest absolute Gasteiger partial charge is 0.113 e. The Morgan fingerprint density at radius 3 is 2.41 bits per heavy atom. The molecule has 4 aromatic rings. The van der Waals surface area contributed by atoms with Crippen LogP contribution in [0.1, 0.15) is 11.1 Å². The number of para-hydroxylation sites is 1. The molecule has 0 radical (unpaired) electrons. The van der Waals surface area contributed by atoms with Crippen LogP contribution in [0.5, 0.6) is 0 Å². The second kappa shape index (κ2) is 7.57. The lowest BCUT2D eigenvalue weighted by Crippen LogP contribution is -2.23. The van der Waals surface area contributed by atoms with Gasteiger partial charge in [0.1, 0.15) is 13.0 Å². The third-order valence-electron chi connectivity index (χ3n) is 6.11. The van der Waals surface area contributed by atoms with E-state index in [4.69, 9.17) is 0 Å². The molecule has 0 N–H and O–H groups in total. The third kappa shape index (κ3) is 3.21. The van der Waals surface area contributed by atoms with Crippen LogP contribution in [-0.4, -0.2) is 34.7 Å². The summed E-state index contributed by atoms with van der Waals surface area (Å²) in [4.78, 5) is 4.46. The molecule has 0 fully saturated rings. The number of hydrogen-bond donors (Lipinski definition) is 0. The fourth-order valence-electron chi connectivity index (χ4n) is 4.53. The quantitative estimate of drug-likeness (QED) is 0.463. The molecule has 0 bridgehead atoms. The van der Waals surface area contributed by atoms with Crippen molar-refractivity contribution in [2.75, 3.05) is 23.6 Å². The lowest BCUT2D eigenvalue weighted by Gasteiger charge is -2.28. The summed E-state index contributed by atoms with van der Waals surface area (Å²) in [6.07, 6.45) is 7.67. The Labute approximate surface area is 187 Å². The normalized spacial score (nSPS) is 15.0. The lowest BCUT2D eigenvalue weighted by molar-refractivity contribution is 0.549. The molecular formula is C26H24N6. The Hall–Kier alpha value is -4.06. The van der Waals surface area contributed by atoms with Crippen molar-refractivity contribution in [1.29, 1.82) is 0 Å². The summed E-state index contributed by atoms with van der Waals surface area (Å²) in [6.45, 7) is 0.754. The number of hydrazone groups is 1. The monoisotopic (exact) mass is 420 g/mol. The number of fused-ring (bicyclic) bond motifs is 2. The molecule has 0 spiro atoms. The Morgan fingerprint density at radius 2 is 1.59 bits per heavy atom. The second-order valence-electron chi connectivity index (χ2n) is 8.28.